The van der Waals surface area contributed by atoms with Crippen LogP contribution in [-0.4, -0.2) is 25.7 Å². The minimum atomic E-state index is -0.108. The van der Waals surface area contributed by atoms with Crippen molar-refractivity contribution in [1.29, 1.82) is 0 Å². The number of benzene rings is 3. The third kappa shape index (κ3) is 10.6. The molecular formula is C30H38N2O3. The van der Waals surface area contributed by atoms with Gasteiger partial charge in [-0.25, -0.2) is 0 Å². The summed E-state index contributed by atoms with van der Waals surface area (Å²) < 4.78 is 11.7. The summed E-state index contributed by atoms with van der Waals surface area (Å²) in [5.74, 6) is 1.52. The number of anilines is 2. The highest BCUT2D eigenvalue weighted by Crippen LogP contribution is 2.19. The molecule has 3 aromatic carbocycles. The minimum absolute atomic E-state index is 0.108. The SMILES string of the molecule is CCCCCCCOc1ccc(NC(=O)CNc2cccc(OCCCc3ccccc3)c2)cc1. The maximum Gasteiger partial charge on any atom is 0.243 e. The fraction of sp³-hybridized carbons (Fsp3) is 0.367. The van der Waals surface area contributed by atoms with E-state index in [-0.39, 0.29) is 12.5 Å². The second-order valence-corrected chi connectivity index (χ2v) is 8.65. The summed E-state index contributed by atoms with van der Waals surface area (Å²) in [5.41, 5.74) is 2.92. The Kier molecular flexibility index (Phi) is 11.5. The predicted molar refractivity (Wildman–Crippen MR) is 145 cm³/mol. The van der Waals surface area contributed by atoms with Gasteiger partial charge in [0.05, 0.1) is 19.8 Å². The normalized spacial score (nSPS) is 10.5. The van der Waals surface area contributed by atoms with Crippen LogP contribution >= 0.6 is 0 Å². The molecule has 0 bridgehead atoms. The fourth-order valence-electron chi connectivity index (χ4n) is 3.72. The summed E-state index contributed by atoms with van der Waals surface area (Å²) in [7, 11) is 0. The van der Waals surface area contributed by atoms with Crippen molar-refractivity contribution in [3.63, 3.8) is 0 Å². The molecule has 0 heterocycles. The van der Waals surface area contributed by atoms with E-state index in [2.05, 4.69) is 41.8 Å². The van der Waals surface area contributed by atoms with E-state index in [9.17, 15) is 4.79 Å². The average Bonchev–Trinajstić information content (AvgIpc) is 2.89. The van der Waals surface area contributed by atoms with E-state index in [1.54, 1.807) is 0 Å². The summed E-state index contributed by atoms with van der Waals surface area (Å²) in [5, 5.41) is 6.08. The number of unbranched alkanes of at least 4 members (excludes halogenated alkanes) is 4. The van der Waals surface area contributed by atoms with E-state index in [0.717, 1.165) is 48.7 Å². The topological polar surface area (TPSA) is 59.6 Å². The van der Waals surface area contributed by atoms with Gasteiger partial charge >= 0.3 is 0 Å². The van der Waals surface area contributed by atoms with Crippen LogP contribution in [0.15, 0.2) is 78.9 Å². The zero-order valence-corrected chi connectivity index (χ0v) is 20.8. The van der Waals surface area contributed by atoms with Gasteiger partial charge in [0.2, 0.25) is 5.91 Å². The van der Waals surface area contributed by atoms with Gasteiger partial charge < -0.3 is 20.1 Å². The van der Waals surface area contributed by atoms with E-state index in [1.807, 2.05) is 54.6 Å². The van der Waals surface area contributed by atoms with E-state index in [1.165, 1.54) is 31.2 Å². The summed E-state index contributed by atoms with van der Waals surface area (Å²) in [6, 6.07) is 25.7. The Hall–Kier alpha value is -3.47. The van der Waals surface area contributed by atoms with Crippen LogP contribution in [0.25, 0.3) is 0 Å². The van der Waals surface area contributed by atoms with E-state index >= 15 is 0 Å². The van der Waals surface area contributed by atoms with Gasteiger partial charge in [0, 0.05) is 17.4 Å². The van der Waals surface area contributed by atoms with Gasteiger partial charge in [-0.1, -0.05) is 69.0 Å². The second kappa shape index (κ2) is 15.4. The van der Waals surface area contributed by atoms with Crippen molar-refractivity contribution in [3.05, 3.63) is 84.4 Å². The summed E-state index contributed by atoms with van der Waals surface area (Å²) in [6.45, 7) is 3.77. The molecule has 3 aromatic rings. The first-order valence-corrected chi connectivity index (χ1v) is 12.8. The lowest BCUT2D eigenvalue weighted by molar-refractivity contribution is -0.114. The number of hydrogen-bond acceptors (Lipinski definition) is 4. The highest BCUT2D eigenvalue weighted by molar-refractivity contribution is 5.93. The fourth-order valence-corrected chi connectivity index (χ4v) is 3.72. The highest BCUT2D eigenvalue weighted by Gasteiger charge is 2.04. The second-order valence-electron chi connectivity index (χ2n) is 8.65. The smallest absolute Gasteiger partial charge is 0.243 e. The van der Waals surface area contributed by atoms with Crippen LogP contribution in [-0.2, 0) is 11.2 Å². The third-order valence-electron chi connectivity index (χ3n) is 5.66. The van der Waals surface area contributed by atoms with Crippen LogP contribution in [0.3, 0.4) is 0 Å². The van der Waals surface area contributed by atoms with Crippen LogP contribution < -0.4 is 20.1 Å². The summed E-state index contributed by atoms with van der Waals surface area (Å²) in [4.78, 5) is 12.4. The van der Waals surface area contributed by atoms with Crippen LogP contribution in [0.4, 0.5) is 11.4 Å². The molecule has 2 N–H and O–H groups in total. The molecule has 0 saturated heterocycles. The van der Waals surface area contributed by atoms with Crippen LogP contribution in [0.2, 0.25) is 0 Å². The zero-order chi connectivity index (χ0) is 24.6. The van der Waals surface area contributed by atoms with E-state index in [4.69, 9.17) is 9.47 Å². The largest absolute Gasteiger partial charge is 0.494 e. The van der Waals surface area contributed by atoms with Crippen molar-refractivity contribution in [3.8, 4) is 11.5 Å². The standard InChI is InChI=1S/C30H38N2O3/c1-2-3-4-5-9-21-34-28-19-17-26(18-20-28)32-30(33)24-31-27-15-10-16-29(23-27)35-22-11-14-25-12-7-6-8-13-25/h6-8,10,12-13,15-20,23,31H,2-5,9,11,14,21-22,24H2,1H3,(H,32,33). The van der Waals surface area contributed by atoms with Gasteiger partial charge in [-0.3, -0.25) is 4.79 Å². The number of rotatable bonds is 16. The summed E-state index contributed by atoms with van der Waals surface area (Å²) in [6.07, 6.45) is 8.03. The molecule has 0 aliphatic heterocycles. The van der Waals surface area contributed by atoms with Crippen molar-refractivity contribution < 1.29 is 14.3 Å². The van der Waals surface area contributed by atoms with Crippen molar-refractivity contribution in [2.45, 2.75) is 51.9 Å². The number of amides is 1. The van der Waals surface area contributed by atoms with Crippen LogP contribution in [0.1, 0.15) is 51.0 Å². The molecule has 1 amide bonds. The highest BCUT2D eigenvalue weighted by atomic mass is 16.5. The number of carbonyl (C=O) groups is 1. The third-order valence-corrected chi connectivity index (χ3v) is 5.66. The first-order valence-electron chi connectivity index (χ1n) is 12.8. The maximum atomic E-state index is 12.4. The van der Waals surface area contributed by atoms with Gasteiger partial charge in [-0.2, -0.15) is 0 Å². The van der Waals surface area contributed by atoms with Crippen LogP contribution in [0, 0.1) is 0 Å². The number of nitrogens with one attached hydrogen (secondary N) is 2. The van der Waals surface area contributed by atoms with E-state index < -0.39 is 0 Å². The lowest BCUT2D eigenvalue weighted by Crippen LogP contribution is -2.21. The Labute approximate surface area is 209 Å². The first kappa shape index (κ1) is 26.1. The van der Waals surface area contributed by atoms with Gasteiger partial charge in [0.15, 0.2) is 0 Å². The molecule has 35 heavy (non-hydrogen) atoms. The molecule has 0 saturated carbocycles. The molecule has 0 radical (unpaired) electrons. The quantitative estimate of drug-likeness (QED) is 0.217. The predicted octanol–water partition coefficient (Wildman–Crippen LogP) is 7.10. The van der Waals surface area contributed by atoms with Crippen LogP contribution in [0.5, 0.6) is 11.5 Å². The molecule has 0 spiro atoms. The van der Waals surface area contributed by atoms with Gasteiger partial charge in [0.25, 0.3) is 0 Å². The van der Waals surface area contributed by atoms with Crippen molar-refractivity contribution in [1.82, 2.24) is 0 Å². The van der Waals surface area contributed by atoms with Gasteiger partial charge in [0.1, 0.15) is 11.5 Å². The number of aryl methyl sites for hydroxylation is 1. The average molecular weight is 475 g/mol. The molecule has 0 atom stereocenters. The Morgan fingerprint density at radius 3 is 2.26 bits per heavy atom. The Morgan fingerprint density at radius 2 is 1.46 bits per heavy atom. The Morgan fingerprint density at radius 1 is 0.714 bits per heavy atom. The molecular weight excluding hydrogens is 436 g/mol. The van der Waals surface area contributed by atoms with Crippen molar-refractivity contribution >= 4 is 17.3 Å². The zero-order valence-electron chi connectivity index (χ0n) is 20.8. The molecule has 0 aromatic heterocycles. The molecule has 3 rings (SSSR count). The molecule has 5 heteroatoms. The van der Waals surface area contributed by atoms with Gasteiger partial charge in [-0.05, 0) is 61.2 Å². The first-order chi connectivity index (χ1) is 17.2. The lowest BCUT2D eigenvalue weighted by Gasteiger charge is -2.11. The molecule has 0 aliphatic rings. The maximum absolute atomic E-state index is 12.4. The molecule has 0 unspecified atom stereocenters. The molecule has 186 valence electrons. The van der Waals surface area contributed by atoms with Crippen molar-refractivity contribution in [2.75, 3.05) is 30.4 Å². The Bertz CT molecular complexity index is 990. The lowest BCUT2D eigenvalue weighted by atomic mass is 10.1. The molecule has 0 fully saturated rings. The van der Waals surface area contributed by atoms with Gasteiger partial charge in [-0.15, -0.1) is 0 Å². The molecule has 5 nitrogen and oxygen atoms in total. The number of carbonyl (C=O) groups excluding carboxylic acids is 1. The monoisotopic (exact) mass is 474 g/mol. The summed E-state index contributed by atoms with van der Waals surface area (Å²) >= 11 is 0. The number of ether oxygens (including phenoxy) is 2. The minimum Gasteiger partial charge on any atom is -0.494 e. The number of hydrogen-bond donors (Lipinski definition) is 2. The molecule has 0 aliphatic carbocycles. The Balaban J connectivity index is 1.33. The van der Waals surface area contributed by atoms with E-state index in [0.29, 0.717) is 6.61 Å². The van der Waals surface area contributed by atoms with Crippen molar-refractivity contribution in [2.24, 2.45) is 0 Å².